The van der Waals surface area contributed by atoms with E-state index >= 15 is 0 Å². The van der Waals surface area contributed by atoms with Gasteiger partial charge in [0.05, 0.1) is 6.54 Å². The zero-order valence-corrected chi connectivity index (χ0v) is 12.4. The summed E-state index contributed by atoms with van der Waals surface area (Å²) >= 11 is 0. The van der Waals surface area contributed by atoms with Crippen LogP contribution in [-0.4, -0.2) is 61.0 Å². The van der Waals surface area contributed by atoms with Crippen LogP contribution in [0.1, 0.15) is 11.6 Å². The number of anilines is 1. The quantitative estimate of drug-likeness (QED) is 0.672. The largest absolute Gasteiger partial charge is 0.352 e. The Hall–Kier alpha value is -2.55. The van der Waals surface area contributed by atoms with Gasteiger partial charge in [0, 0.05) is 19.1 Å². The number of aryl methyl sites for hydroxylation is 1. The highest BCUT2D eigenvalue weighted by Crippen LogP contribution is 2.22. The lowest BCUT2D eigenvalue weighted by molar-refractivity contribution is 0.190. The molecular weight excluding hydrogens is 284 g/mol. The van der Waals surface area contributed by atoms with E-state index in [0.717, 1.165) is 30.4 Å². The lowest BCUT2D eigenvalue weighted by Gasteiger charge is -2.44. The van der Waals surface area contributed by atoms with Crippen LogP contribution >= 0.6 is 0 Å². The Morgan fingerprint density at radius 3 is 2.95 bits per heavy atom. The van der Waals surface area contributed by atoms with Crippen molar-refractivity contribution in [3.05, 3.63) is 30.2 Å². The summed E-state index contributed by atoms with van der Waals surface area (Å²) < 4.78 is 6.53. The number of rotatable bonds is 4. The van der Waals surface area contributed by atoms with Gasteiger partial charge in [-0.05, 0) is 26.1 Å². The first-order chi connectivity index (χ1) is 10.7. The van der Waals surface area contributed by atoms with Crippen molar-refractivity contribution in [3.8, 4) is 0 Å². The van der Waals surface area contributed by atoms with E-state index in [9.17, 15) is 0 Å². The van der Waals surface area contributed by atoms with Crippen LogP contribution in [0.2, 0.25) is 0 Å². The third-order valence-corrected chi connectivity index (χ3v) is 4.01. The second kappa shape index (κ2) is 5.02. The molecule has 1 saturated heterocycles. The summed E-state index contributed by atoms with van der Waals surface area (Å²) in [5.74, 6) is 2.45. The van der Waals surface area contributed by atoms with Gasteiger partial charge in [-0.1, -0.05) is 5.16 Å². The summed E-state index contributed by atoms with van der Waals surface area (Å²) in [6.07, 6.45) is 1.36. The highest BCUT2D eigenvalue weighted by molar-refractivity contribution is 5.47. The zero-order chi connectivity index (χ0) is 15.1. The highest BCUT2D eigenvalue weighted by atomic mass is 16.5. The van der Waals surface area contributed by atoms with Crippen LogP contribution in [0.4, 0.5) is 5.82 Å². The van der Waals surface area contributed by atoms with Crippen molar-refractivity contribution in [1.29, 1.82) is 0 Å². The lowest BCUT2D eigenvalue weighted by Crippen LogP contribution is -2.58. The fourth-order valence-corrected chi connectivity index (χ4v) is 2.59. The van der Waals surface area contributed by atoms with Gasteiger partial charge in [0.1, 0.15) is 5.82 Å². The van der Waals surface area contributed by atoms with Crippen LogP contribution in [0, 0.1) is 6.92 Å². The maximum Gasteiger partial charge on any atom is 0.213 e. The Labute approximate surface area is 126 Å². The standard InChI is InChI=1S/C13H16N8O/c1-9-15-16-12-3-4-13(17-21(9)12)20-5-10(6-20)19(2)7-11-14-8-22-18-11/h3-4,8,10H,5-7H2,1-2H3. The minimum absolute atomic E-state index is 0.456. The van der Waals surface area contributed by atoms with E-state index < -0.39 is 0 Å². The molecule has 1 aliphatic heterocycles. The first-order valence-corrected chi connectivity index (χ1v) is 7.10. The van der Waals surface area contributed by atoms with Gasteiger partial charge in [-0.3, -0.25) is 4.90 Å². The molecule has 9 heteroatoms. The van der Waals surface area contributed by atoms with Gasteiger partial charge >= 0.3 is 0 Å². The van der Waals surface area contributed by atoms with E-state index in [4.69, 9.17) is 4.52 Å². The second-order valence-corrected chi connectivity index (χ2v) is 5.53. The summed E-state index contributed by atoms with van der Waals surface area (Å²) in [5.41, 5.74) is 0.771. The molecule has 0 N–H and O–H groups in total. The molecule has 114 valence electrons. The molecule has 4 heterocycles. The Morgan fingerprint density at radius 2 is 2.18 bits per heavy atom. The molecule has 0 spiro atoms. The predicted molar refractivity (Wildman–Crippen MR) is 77.3 cm³/mol. The number of likely N-dealkylation sites (N-methyl/N-ethyl adjacent to an activating group) is 1. The Kier molecular flexibility index (Phi) is 3.00. The van der Waals surface area contributed by atoms with E-state index in [1.54, 1.807) is 4.52 Å². The van der Waals surface area contributed by atoms with E-state index in [1.165, 1.54) is 6.39 Å². The third-order valence-electron chi connectivity index (χ3n) is 4.01. The minimum Gasteiger partial charge on any atom is -0.352 e. The maximum absolute atomic E-state index is 4.76. The molecule has 0 amide bonds. The molecule has 3 aromatic rings. The summed E-state index contributed by atoms with van der Waals surface area (Å²) in [4.78, 5) is 8.51. The Balaban J connectivity index is 1.42. The molecule has 0 atom stereocenters. The average molecular weight is 300 g/mol. The molecule has 1 aliphatic rings. The molecule has 1 fully saturated rings. The topological polar surface area (TPSA) is 88.5 Å². The molecule has 0 aliphatic carbocycles. The maximum atomic E-state index is 4.76. The second-order valence-electron chi connectivity index (χ2n) is 5.53. The summed E-state index contributed by atoms with van der Waals surface area (Å²) in [6.45, 7) is 4.43. The van der Waals surface area contributed by atoms with Crippen molar-refractivity contribution < 1.29 is 4.52 Å². The van der Waals surface area contributed by atoms with Gasteiger partial charge in [0.25, 0.3) is 0 Å². The molecule has 9 nitrogen and oxygen atoms in total. The summed E-state index contributed by atoms with van der Waals surface area (Å²) in [5, 5.41) is 16.5. The van der Waals surface area contributed by atoms with Gasteiger partial charge in [0.15, 0.2) is 17.3 Å². The van der Waals surface area contributed by atoms with Crippen LogP contribution < -0.4 is 4.90 Å². The van der Waals surface area contributed by atoms with Gasteiger partial charge < -0.3 is 9.42 Å². The fraction of sp³-hybridized carbons (Fsp3) is 0.462. The van der Waals surface area contributed by atoms with Crippen LogP contribution in [-0.2, 0) is 6.54 Å². The van der Waals surface area contributed by atoms with E-state index in [1.807, 2.05) is 19.1 Å². The van der Waals surface area contributed by atoms with Gasteiger partial charge in [-0.25, -0.2) is 0 Å². The first kappa shape index (κ1) is 13.1. The first-order valence-electron chi connectivity index (χ1n) is 7.10. The number of hydrogen-bond donors (Lipinski definition) is 0. The third kappa shape index (κ3) is 2.19. The molecule has 0 aromatic carbocycles. The van der Waals surface area contributed by atoms with Crippen LogP contribution in [0.5, 0.6) is 0 Å². The monoisotopic (exact) mass is 300 g/mol. The number of aromatic nitrogens is 6. The molecule has 0 unspecified atom stereocenters. The predicted octanol–water partition coefficient (Wildman–Crippen LogP) is 0.136. The smallest absolute Gasteiger partial charge is 0.213 e. The minimum atomic E-state index is 0.456. The number of hydrogen-bond acceptors (Lipinski definition) is 8. The molecular formula is C13H16N8O. The van der Waals surface area contributed by atoms with E-state index in [-0.39, 0.29) is 0 Å². The fourth-order valence-electron chi connectivity index (χ4n) is 2.59. The van der Waals surface area contributed by atoms with Crippen molar-refractivity contribution in [1.82, 2.24) is 34.9 Å². The molecule has 0 saturated carbocycles. The Morgan fingerprint density at radius 1 is 1.32 bits per heavy atom. The molecule has 0 radical (unpaired) electrons. The van der Waals surface area contributed by atoms with Crippen molar-refractivity contribution in [3.63, 3.8) is 0 Å². The van der Waals surface area contributed by atoms with Gasteiger partial charge in [0.2, 0.25) is 6.39 Å². The van der Waals surface area contributed by atoms with Gasteiger partial charge in [-0.2, -0.15) is 9.50 Å². The zero-order valence-electron chi connectivity index (χ0n) is 12.4. The van der Waals surface area contributed by atoms with Crippen LogP contribution in [0.15, 0.2) is 23.0 Å². The SMILES string of the molecule is Cc1nnc2ccc(N3CC(N(C)Cc4ncon4)C3)nn12. The van der Waals surface area contributed by atoms with Crippen molar-refractivity contribution >= 4 is 11.5 Å². The summed E-state index contributed by atoms with van der Waals surface area (Å²) in [6, 6.07) is 4.38. The van der Waals surface area contributed by atoms with Crippen LogP contribution in [0.3, 0.4) is 0 Å². The normalized spacial score (nSPS) is 15.7. The van der Waals surface area contributed by atoms with Crippen LogP contribution in [0.25, 0.3) is 5.65 Å². The average Bonchev–Trinajstić information content (AvgIpc) is 3.08. The molecule has 22 heavy (non-hydrogen) atoms. The molecule has 3 aromatic heterocycles. The molecule has 4 rings (SSSR count). The summed E-state index contributed by atoms with van der Waals surface area (Å²) in [7, 11) is 2.07. The van der Waals surface area contributed by atoms with Crippen molar-refractivity contribution in [2.24, 2.45) is 0 Å². The number of nitrogens with zero attached hydrogens (tertiary/aromatic N) is 8. The van der Waals surface area contributed by atoms with Crippen molar-refractivity contribution in [2.45, 2.75) is 19.5 Å². The van der Waals surface area contributed by atoms with E-state index in [0.29, 0.717) is 18.4 Å². The highest BCUT2D eigenvalue weighted by Gasteiger charge is 2.31. The van der Waals surface area contributed by atoms with Crippen molar-refractivity contribution in [2.75, 3.05) is 25.0 Å². The Bertz CT molecular complexity index is 777. The molecule has 0 bridgehead atoms. The lowest BCUT2D eigenvalue weighted by atomic mass is 10.1. The van der Waals surface area contributed by atoms with Gasteiger partial charge in [-0.15, -0.1) is 15.3 Å². The van der Waals surface area contributed by atoms with E-state index in [2.05, 4.69) is 42.3 Å². The number of fused-ring (bicyclic) bond motifs is 1.